The summed E-state index contributed by atoms with van der Waals surface area (Å²) in [5.41, 5.74) is 10.3. The molecule has 3 atom stereocenters. The molecule has 2 aliphatic carbocycles. The zero-order chi connectivity index (χ0) is 25.5. The van der Waals surface area contributed by atoms with Crippen LogP contribution in [0, 0.1) is 29.1 Å². The van der Waals surface area contributed by atoms with Gasteiger partial charge < -0.3 is 5.73 Å². The Morgan fingerprint density at radius 1 is 1.12 bits per heavy atom. The lowest BCUT2D eigenvalue weighted by Gasteiger charge is -2.40. The van der Waals surface area contributed by atoms with Crippen molar-refractivity contribution in [2.75, 3.05) is 6.54 Å². The average molecular weight is 477 g/mol. The van der Waals surface area contributed by atoms with Gasteiger partial charge in [0.1, 0.15) is 0 Å². The van der Waals surface area contributed by atoms with Crippen LogP contribution in [-0.2, 0) is 14.4 Å². The number of hydrazine groups is 1. The Bertz CT molecular complexity index is 784. The first-order chi connectivity index (χ1) is 16.0. The highest BCUT2D eigenvalue weighted by Crippen LogP contribution is 2.44. The Hall–Kier alpha value is -2.19. The van der Waals surface area contributed by atoms with E-state index in [-0.39, 0.29) is 17.7 Å². The number of allylic oxidation sites excluding steroid dienone is 3. The molecule has 0 aromatic heterocycles. The molecule has 2 aliphatic rings. The maximum Gasteiger partial charge on any atom is 0.257 e. The van der Waals surface area contributed by atoms with Crippen molar-refractivity contribution in [1.29, 1.82) is 0 Å². The van der Waals surface area contributed by atoms with Gasteiger partial charge in [-0.1, -0.05) is 65.2 Å². The van der Waals surface area contributed by atoms with Crippen LogP contribution in [0.15, 0.2) is 23.8 Å². The zero-order valence-corrected chi connectivity index (χ0v) is 21.5. The van der Waals surface area contributed by atoms with Gasteiger partial charge in [0.25, 0.3) is 11.8 Å². The van der Waals surface area contributed by atoms with E-state index >= 15 is 0 Å². The van der Waals surface area contributed by atoms with Crippen molar-refractivity contribution in [3.8, 4) is 0 Å². The summed E-state index contributed by atoms with van der Waals surface area (Å²) in [6.45, 7) is 9.78. The molecule has 3 amide bonds. The number of hydroxylamine groups is 1. The fraction of sp³-hybridized carbons (Fsp3) is 0.731. The Balaban J connectivity index is 2.47. The molecule has 192 valence electrons. The third-order valence-corrected chi connectivity index (χ3v) is 6.88. The highest BCUT2D eigenvalue weighted by Gasteiger charge is 2.49. The van der Waals surface area contributed by atoms with E-state index in [1.54, 1.807) is 6.92 Å². The van der Waals surface area contributed by atoms with Crippen molar-refractivity contribution < 1.29 is 19.6 Å². The number of hydrogen-bond acceptors (Lipinski definition) is 5. The molecule has 2 rings (SSSR count). The summed E-state index contributed by atoms with van der Waals surface area (Å²) < 4.78 is 0. The maximum atomic E-state index is 13.7. The van der Waals surface area contributed by atoms with E-state index in [0.717, 1.165) is 31.3 Å². The summed E-state index contributed by atoms with van der Waals surface area (Å²) in [6, 6.07) is -0.771. The van der Waals surface area contributed by atoms with E-state index in [0.29, 0.717) is 25.3 Å². The van der Waals surface area contributed by atoms with Gasteiger partial charge in [0.05, 0.1) is 17.4 Å². The highest BCUT2D eigenvalue weighted by atomic mass is 16.5. The molecular weight excluding hydrogens is 432 g/mol. The van der Waals surface area contributed by atoms with Gasteiger partial charge in [-0.3, -0.25) is 30.0 Å². The smallest absolute Gasteiger partial charge is 0.257 e. The van der Waals surface area contributed by atoms with Crippen LogP contribution in [0.4, 0.5) is 0 Å². The topological polar surface area (TPSA) is 125 Å². The molecular formula is C26H44N4O4. The van der Waals surface area contributed by atoms with Crippen LogP contribution in [0.1, 0.15) is 79.6 Å². The molecule has 1 unspecified atom stereocenters. The van der Waals surface area contributed by atoms with E-state index in [2.05, 4.69) is 11.5 Å². The predicted molar refractivity (Wildman–Crippen MR) is 132 cm³/mol. The van der Waals surface area contributed by atoms with E-state index < -0.39 is 29.2 Å². The number of nitrogens with zero attached hydrogens (tertiary/aromatic N) is 1. The maximum absolute atomic E-state index is 13.7. The zero-order valence-electron chi connectivity index (χ0n) is 21.5. The lowest BCUT2D eigenvalue weighted by molar-refractivity contribution is -0.151. The van der Waals surface area contributed by atoms with Crippen LogP contribution >= 0.6 is 0 Å². The quantitative estimate of drug-likeness (QED) is 0.300. The van der Waals surface area contributed by atoms with Crippen molar-refractivity contribution in [2.24, 2.45) is 34.8 Å². The minimum absolute atomic E-state index is 0.108. The van der Waals surface area contributed by atoms with Crippen molar-refractivity contribution in [1.82, 2.24) is 15.9 Å². The van der Waals surface area contributed by atoms with E-state index in [9.17, 15) is 19.6 Å². The lowest BCUT2D eigenvalue weighted by atomic mass is 9.64. The second-order valence-electron chi connectivity index (χ2n) is 10.9. The first kappa shape index (κ1) is 28.1. The molecule has 1 fully saturated rings. The van der Waals surface area contributed by atoms with Gasteiger partial charge in [-0.05, 0) is 55.9 Å². The van der Waals surface area contributed by atoms with Gasteiger partial charge in [0.2, 0.25) is 5.91 Å². The van der Waals surface area contributed by atoms with E-state index in [1.807, 2.05) is 45.3 Å². The second kappa shape index (κ2) is 12.5. The van der Waals surface area contributed by atoms with E-state index in [4.69, 9.17) is 5.73 Å². The fourth-order valence-electron chi connectivity index (χ4n) is 5.18. The number of carbonyl (C=O) groups is 3. The van der Waals surface area contributed by atoms with Gasteiger partial charge in [-0.15, -0.1) is 0 Å². The largest absolute Gasteiger partial charge is 0.320 e. The standard InChI is InChI=1S/C26H44N4O4/c1-17(2)14-22(23(31)28-30(16-18(3)4)24(32)19(5)27)26(25(33)29-34)13-9-12-21(15-26)20-10-7-6-8-11-20/h9,12,15,17-20,22,34H,6-8,10-11,13-14,16,27H2,1-5H3,(H,28,31)(H,29,33)/t19-,22+,26?/m1/s1. The van der Waals surface area contributed by atoms with Gasteiger partial charge in [0.15, 0.2) is 0 Å². The Kier molecular flexibility index (Phi) is 10.3. The molecule has 0 heterocycles. The molecule has 8 heteroatoms. The first-order valence-electron chi connectivity index (χ1n) is 12.7. The number of hydrogen-bond donors (Lipinski definition) is 4. The second-order valence-corrected chi connectivity index (χ2v) is 10.9. The van der Waals surface area contributed by atoms with Crippen molar-refractivity contribution in [3.05, 3.63) is 23.8 Å². The van der Waals surface area contributed by atoms with Gasteiger partial charge in [0, 0.05) is 6.54 Å². The van der Waals surface area contributed by atoms with Crippen LogP contribution in [0.5, 0.6) is 0 Å². The molecule has 1 saturated carbocycles. The lowest BCUT2D eigenvalue weighted by Crippen LogP contribution is -2.57. The molecule has 0 saturated heterocycles. The van der Waals surface area contributed by atoms with Crippen LogP contribution in [0.2, 0.25) is 0 Å². The van der Waals surface area contributed by atoms with Gasteiger partial charge >= 0.3 is 0 Å². The molecule has 0 aliphatic heterocycles. The van der Waals surface area contributed by atoms with Gasteiger partial charge in [-0.25, -0.2) is 5.48 Å². The summed E-state index contributed by atoms with van der Waals surface area (Å²) >= 11 is 0. The number of carbonyl (C=O) groups excluding carboxylic acids is 3. The fourth-order valence-corrected chi connectivity index (χ4v) is 5.18. The minimum atomic E-state index is -1.24. The van der Waals surface area contributed by atoms with Gasteiger partial charge in [-0.2, -0.15) is 0 Å². The van der Waals surface area contributed by atoms with Crippen LogP contribution in [0.3, 0.4) is 0 Å². The summed E-state index contributed by atoms with van der Waals surface area (Å²) in [4.78, 5) is 39.7. The number of amides is 3. The third kappa shape index (κ3) is 6.92. The number of rotatable bonds is 9. The molecule has 0 aromatic rings. The van der Waals surface area contributed by atoms with Crippen molar-refractivity contribution in [2.45, 2.75) is 85.6 Å². The average Bonchev–Trinajstić information content (AvgIpc) is 2.81. The number of nitrogens with one attached hydrogen (secondary N) is 2. The molecule has 5 N–H and O–H groups in total. The Morgan fingerprint density at radius 2 is 1.76 bits per heavy atom. The molecule has 0 spiro atoms. The Labute approximate surface area is 204 Å². The monoisotopic (exact) mass is 476 g/mol. The minimum Gasteiger partial charge on any atom is -0.320 e. The van der Waals surface area contributed by atoms with Crippen molar-refractivity contribution in [3.63, 3.8) is 0 Å². The predicted octanol–water partition coefficient (Wildman–Crippen LogP) is 3.47. The number of nitrogens with two attached hydrogens (primary N) is 1. The summed E-state index contributed by atoms with van der Waals surface area (Å²) in [6.07, 6.45) is 12.3. The summed E-state index contributed by atoms with van der Waals surface area (Å²) in [7, 11) is 0. The third-order valence-electron chi connectivity index (χ3n) is 6.88. The van der Waals surface area contributed by atoms with Crippen LogP contribution < -0.4 is 16.6 Å². The SMILES string of the molecule is CC(C)C[C@@H](C(=O)NN(CC(C)C)C(=O)[C@@H](C)N)C1(C(=O)NO)C=C(C2CCCCC2)C=CC1. The molecule has 34 heavy (non-hydrogen) atoms. The van der Waals surface area contributed by atoms with E-state index in [1.165, 1.54) is 11.4 Å². The molecule has 0 bridgehead atoms. The molecule has 0 aromatic carbocycles. The first-order valence-corrected chi connectivity index (χ1v) is 12.7. The summed E-state index contributed by atoms with van der Waals surface area (Å²) in [5.74, 6) is -1.61. The van der Waals surface area contributed by atoms with Crippen LogP contribution in [-0.4, -0.2) is 40.5 Å². The normalized spacial score (nSPS) is 22.8. The molecule has 0 radical (unpaired) electrons. The van der Waals surface area contributed by atoms with Crippen LogP contribution in [0.25, 0.3) is 0 Å². The highest BCUT2D eigenvalue weighted by molar-refractivity contribution is 5.93. The summed E-state index contributed by atoms with van der Waals surface area (Å²) in [5, 5.41) is 11.0. The Morgan fingerprint density at radius 3 is 2.29 bits per heavy atom. The van der Waals surface area contributed by atoms with Crippen molar-refractivity contribution >= 4 is 17.7 Å². The molecule has 8 nitrogen and oxygen atoms in total.